The van der Waals surface area contributed by atoms with E-state index >= 15 is 0 Å². The first-order valence-corrected chi connectivity index (χ1v) is 9.62. The molecule has 0 aliphatic rings. The molecule has 0 aliphatic heterocycles. The Morgan fingerprint density at radius 3 is 1.89 bits per heavy atom. The molecule has 0 atom stereocenters. The zero-order valence-electron chi connectivity index (χ0n) is 14.3. The summed E-state index contributed by atoms with van der Waals surface area (Å²) in [6, 6.07) is 10.2. The highest BCUT2D eigenvalue weighted by atomic mass is 32.2. The van der Waals surface area contributed by atoms with Gasteiger partial charge >= 0.3 is 6.36 Å². The highest BCUT2D eigenvalue weighted by molar-refractivity contribution is 7.92. The van der Waals surface area contributed by atoms with Crippen LogP contribution in [-0.2, 0) is 14.6 Å². The van der Waals surface area contributed by atoms with Crippen LogP contribution < -0.4 is 9.47 Å². The number of Topliss-reactive ketones (excluding diaryl/α,β-unsaturated/α-hetero) is 1. The maximum atomic E-state index is 12.2. The van der Waals surface area contributed by atoms with Crippen molar-refractivity contribution in [2.24, 2.45) is 0 Å². The van der Waals surface area contributed by atoms with Crippen LogP contribution in [-0.4, -0.2) is 26.3 Å². The number of halogens is 3. The molecule has 0 N–H and O–H groups in total. The van der Waals surface area contributed by atoms with Gasteiger partial charge in [-0.05, 0) is 55.0 Å². The summed E-state index contributed by atoms with van der Waals surface area (Å²) >= 11 is 0. The average molecular weight is 402 g/mol. The Morgan fingerprint density at radius 2 is 1.41 bits per heavy atom. The smallest absolute Gasteiger partial charge is 0.457 e. The van der Waals surface area contributed by atoms with Crippen LogP contribution in [0.4, 0.5) is 13.2 Å². The molecule has 0 saturated heterocycles. The van der Waals surface area contributed by atoms with Gasteiger partial charge < -0.3 is 9.47 Å². The SMILES string of the molecule is CCCC(=O)CS(=O)(=O)c1ccc(Oc2ccc(OC(F)(F)F)cc2)cc1. The van der Waals surface area contributed by atoms with E-state index in [1.54, 1.807) is 6.92 Å². The van der Waals surface area contributed by atoms with Gasteiger partial charge in [0, 0.05) is 6.42 Å². The van der Waals surface area contributed by atoms with Crippen molar-refractivity contribution in [1.29, 1.82) is 0 Å². The van der Waals surface area contributed by atoms with Crippen LogP contribution in [0.2, 0.25) is 0 Å². The third kappa shape index (κ3) is 6.59. The molecule has 0 aromatic heterocycles. The molecule has 2 aromatic carbocycles. The number of carbonyl (C=O) groups is 1. The van der Waals surface area contributed by atoms with E-state index in [1.807, 2.05) is 0 Å². The minimum Gasteiger partial charge on any atom is -0.457 e. The van der Waals surface area contributed by atoms with Gasteiger partial charge in [0.05, 0.1) is 4.90 Å². The van der Waals surface area contributed by atoms with Gasteiger partial charge in [-0.3, -0.25) is 4.79 Å². The van der Waals surface area contributed by atoms with E-state index in [0.29, 0.717) is 12.2 Å². The van der Waals surface area contributed by atoms with Crippen molar-refractivity contribution in [2.75, 3.05) is 5.75 Å². The maximum Gasteiger partial charge on any atom is 0.573 e. The Kier molecular flexibility index (Phi) is 6.48. The highest BCUT2D eigenvalue weighted by Crippen LogP contribution is 2.28. The largest absolute Gasteiger partial charge is 0.573 e. The molecule has 0 heterocycles. The number of ketones is 1. The average Bonchev–Trinajstić information content (AvgIpc) is 2.55. The first-order valence-electron chi connectivity index (χ1n) is 7.97. The Hall–Kier alpha value is -2.55. The zero-order valence-corrected chi connectivity index (χ0v) is 15.1. The lowest BCUT2D eigenvalue weighted by atomic mass is 10.3. The molecule has 0 unspecified atom stereocenters. The summed E-state index contributed by atoms with van der Waals surface area (Å²) in [7, 11) is -3.72. The first-order chi connectivity index (χ1) is 12.6. The Balaban J connectivity index is 2.04. The number of hydrogen-bond acceptors (Lipinski definition) is 5. The third-order valence-electron chi connectivity index (χ3n) is 3.36. The summed E-state index contributed by atoms with van der Waals surface area (Å²) in [4.78, 5) is 11.6. The summed E-state index contributed by atoms with van der Waals surface area (Å²) in [5.74, 6) is -0.745. The fraction of sp³-hybridized carbons (Fsp3) is 0.278. The van der Waals surface area contributed by atoms with Crippen molar-refractivity contribution in [1.82, 2.24) is 0 Å². The van der Waals surface area contributed by atoms with Crippen molar-refractivity contribution in [3.63, 3.8) is 0 Å². The number of alkyl halides is 3. The van der Waals surface area contributed by atoms with E-state index in [4.69, 9.17) is 4.74 Å². The van der Waals surface area contributed by atoms with E-state index in [0.717, 1.165) is 12.1 Å². The van der Waals surface area contributed by atoms with Crippen molar-refractivity contribution in [2.45, 2.75) is 31.0 Å². The van der Waals surface area contributed by atoms with E-state index < -0.39 is 22.0 Å². The molecule has 0 spiro atoms. The number of carbonyl (C=O) groups excluding carboxylic acids is 1. The van der Waals surface area contributed by atoms with Gasteiger partial charge in [0.25, 0.3) is 0 Å². The second-order valence-electron chi connectivity index (χ2n) is 5.64. The minimum absolute atomic E-state index is 0.00627. The molecule has 0 fully saturated rings. The third-order valence-corrected chi connectivity index (χ3v) is 5.05. The lowest BCUT2D eigenvalue weighted by Crippen LogP contribution is -2.16. The molecule has 5 nitrogen and oxygen atoms in total. The quantitative estimate of drug-likeness (QED) is 0.649. The standard InChI is InChI=1S/C18H17F3O5S/c1-2-3-13(22)12-27(23,24)17-10-8-15(9-11-17)25-14-4-6-16(7-5-14)26-18(19,20)21/h4-11H,2-3,12H2,1H3. The van der Waals surface area contributed by atoms with Gasteiger partial charge in [-0.1, -0.05) is 6.92 Å². The summed E-state index contributed by atoms with van der Waals surface area (Å²) in [5, 5.41) is 0. The number of ether oxygens (including phenoxy) is 2. The topological polar surface area (TPSA) is 69.7 Å². The van der Waals surface area contributed by atoms with E-state index in [9.17, 15) is 26.4 Å². The summed E-state index contributed by atoms with van der Waals surface area (Å²) in [6.07, 6.45) is -4.00. The minimum atomic E-state index is -4.78. The summed E-state index contributed by atoms with van der Waals surface area (Å²) in [6.45, 7) is 1.79. The second kappa shape index (κ2) is 8.43. The fourth-order valence-electron chi connectivity index (χ4n) is 2.21. The number of benzene rings is 2. The van der Waals surface area contributed by atoms with Crippen molar-refractivity contribution in [3.8, 4) is 17.2 Å². The number of hydrogen-bond donors (Lipinski definition) is 0. The molecule has 2 aromatic rings. The molecular weight excluding hydrogens is 385 g/mol. The van der Waals surface area contributed by atoms with Crippen LogP contribution in [0.1, 0.15) is 19.8 Å². The summed E-state index contributed by atoms with van der Waals surface area (Å²) < 4.78 is 69.9. The van der Waals surface area contributed by atoms with Crippen molar-refractivity contribution >= 4 is 15.6 Å². The predicted molar refractivity (Wildman–Crippen MR) is 91.6 cm³/mol. The molecule has 0 amide bonds. The Bertz CT molecular complexity index is 873. The van der Waals surface area contributed by atoms with E-state index in [1.165, 1.54) is 36.4 Å². The van der Waals surface area contributed by atoms with Crippen LogP contribution in [0.3, 0.4) is 0 Å². The fourth-order valence-corrected chi connectivity index (χ4v) is 3.49. The number of sulfone groups is 1. The van der Waals surface area contributed by atoms with Crippen LogP contribution in [0.5, 0.6) is 17.2 Å². The Morgan fingerprint density at radius 1 is 0.926 bits per heavy atom. The van der Waals surface area contributed by atoms with Crippen LogP contribution >= 0.6 is 0 Å². The molecule has 0 radical (unpaired) electrons. The molecule has 0 saturated carbocycles. The monoisotopic (exact) mass is 402 g/mol. The normalized spacial score (nSPS) is 11.9. The van der Waals surface area contributed by atoms with Gasteiger partial charge in [-0.2, -0.15) is 0 Å². The lowest BCUT2D eigenvalue weighted by Gasteiger charge is -2.10. The second-order valence-corrected chi connectivity index (χ2v) is 7.63. The van der Waals surface area contributed by atoms with E-state index in [2.05, 4.69) is 4.74 Å². The van der Waals surface area contributed by atoms with Gasteiger partial charge in [-0.25, -0.2) is 8.42 Å². The van der Waals surface area contributed by atoms with Gasteiger partial charge in [0.1, 0.15) is 28.8 Å². The van der Waals surface area contributed by atoms with Crippen LogP contribution in [0.15, 0.2) is 53.4 Å². The molecule has 27 heavy (non-hydrogen) atoms. The van der Waals surface area contributed by atoms with Gasteiger partial charge in [0.15, 0.2) is 9.84 Å². The van der Waals surface area contributed by atoms with E-state index in [-0.39, 0.29) is 28.6 Å². The predicted octanol–water partition coefficient (Wildman–Crippen LogP) is 4.52. The maximum absolute atomic E-state index is 12.2. The van der Waals surface area contributed by atoms with Gasteiger partial charge in [-0.15, -0.1) is 13.2 Å². The molecular formula is C18H17F3O5S. The molecule has 146 valence electrons. The molecule has 2 rings (SSSR count). The van der Waals surface area contributed by atoms with Crippen LogP contribution in [0.25, 0.3) is 0 Å². The first kappa shape index (κ1) is 20.8. The van der Waals surface area contributed by atoms with Gasteiger partial charge in [0.2, 0.25) is 0 Å². The van der Waals surface area contributed by atoms with Crippen molar-refractivity contribution < 1.29 is 35.9 Å². The number of rotatable bonds is 8. The zero-order chi connectivity index (χ0) is 20.1. The molecule has 9 heteroatoms. The molecule has 0 aliphatic carbocycles. The lowest BCUT2D eigenvalue weighted by molar-refractivity contribution is -0.274. The molecule has 0 bridgehead atoms. The highest BCUT2D eigenvalue weighted by Gasteiger charge is 2.31. The Labute approximate surface area is 154 Å². The summed E-state index contributed by atoms with van der Waals surface area (Å²) in [5.41, 5.74) is 0. The van der Waals surface area contributed by atoms with Crippen molar-refractivity contribution in [3.05, 3.63) is 48.5 Å². The van der Waals surface area contributed by atoms with Crippen LogP contribution in [0, 0.1) is 0 Å².